The van der Waals surface area contributed by atoms with E-state index in [4.69, 9.17) is 9.05 Å². The van der Waals surface area contributed by atoms with Crippen molar-refractivity contribution >= 4 is 19.4 Å². The lowest BCUT2D eigenvalue weighted by Crippen LogP contribution is -2.05. The lowest BCUT2D eigenvalue weighted by molar-refractivity contribution is -0.118. The first-order valence-corrected chi connectivity index (χ1v) is 6.29. The molecule has 0 aliphatic rings. The molecule has 0 N–H and O–H groups in total. The van der Waals surface area contributed by atoms with Crippen LogP contribution in [0.3, 0.4) is 0 Å². The summed E-state index contributed by atoms with van der Waals surface area (Å²) in [6.07, 6.45) is 0.285. The van der Waals surface area contributed by atoms with Gasteiger partial charge in [-0.3, -0.25) is 23.2 Å². The zero-order valence-electron chi connectivity index (χ0n) is 9.73. The second-order valence-corrected chi connectivity index (χ2v) is 4.98. The predicted molar refractivity (Wildman–Crippen MR) is 57.1 cm³/mol. The van der Waals surface area contributed by atoms with E-state index in [0.717, 1.165) is 0 Å². The van der Waals surface area contributed by atoms with Crippen LogP contribution in [0.15, 0.2) is 0 Å². The number of rotatable bonds is 9. The average Bonchev–Trinajstić information content (AvgIpc) is 2.16. The van der Waals surface area contributed by atoms with Gasteiger partial charge in [0.1, 0.15) is 11.6 Å². The van der Waals surface area contributed by atoms with Crippen molar-refractivity contribution < 1.29 is 27.7 Å². The van der Waals surface area contributed by atoms with E-state index in [1.165, 1.54) is 21.0 Å². The summed E-state index contributed by atoms with van der Waals surface area (Å²) >= 11 is 0. The van der Waals surface area contributed by atoms with Gasteiger partial charge in [0.05, 0.1) is 13.2 Å². The van der Waals surface area contributed by atoms with Gasteiger partial charge in [-0.1, -0.05) is 0 Å². The number of ketones is 2. The SMILES string of the molecule is COP(=O)(OCCC(C)=O)OCCC(C)=O. The standard InChI is InChI=1S/C9H17O6P/c1-8(10)4-6-14-16(12,13-3)15-7-5-9(2)11/h4-7H2,1-3H3. The fourth-order valence-electron chi connectivity index (χ4n) is 0.745. The molecule has 0 saturated heterocycles. The summed E-state index contributed by atoms with van der Waals surface area (Å²) in [7, 11) is -2.43. The van der Waals surface area contributed by atoms with Gasteiger partial charge in [-0.05, 0) is 13.8 Å². The molecule has 0 aromatic heterocycles. The van der Waals surface area contributed by atoms with Gasteiger partial charge in [0.2, 0.25) is 0 Å². The van der Waals surface area contributed by atoms with Gasteiger partial charge in [-0.15, -0.1) is 0 Å². The fraction of sp³-hybridized carbons (Fsp3) is 0.778. The first-order valence-electron chi connectivity index (χ1n) is 4.83. The zero-order valence-corrected chi connectivity index (χ0v) is 10.6. The van der Waals surface area contributed by atoms with E-state index in [0.29, 0.717) is 0 Å². The number of hydrogen-bond acceptors (Lipinski definition) is 6. The van der Waals surface area contributed by atoms with E-state index in [-0.39, 0.29) is 37.6 Å². The molecule has 0 fully saturated rings. The largest absolute Gasteiger partial charge is 0.474 e. The van der Waals surface area contributed by atoms with Crippen LogP contribution in [0, 0.1) is 0 Å². The Kier molecular flexibility index (Phi) is 7.42. The molecule has 0 aromatic rings. The number of carbonyl (C=O) groups excluding carboxylic acids is 2. The third-order valence-electron chi connectivity index (χ3n) is 1.63. The monoisotopic (exact) mass is 252 g/mol. The third-order valence-corrected chi connectivity index (χ3v) is 3.08. The average molecular weight is 252 g/mol. The van der Waals surface area contributed by atoms with Gasteiger partial charge in [-0.25, -0.2) is 4.57 Å². The highest BCUT2D eigenvalue weighted by atomic mass is 31.2. The maximum absolute atomic E-state index is 11.7. The summed E-state index contributed by atoms with van der Waals surface area (Å²) in [6, 6.07) is 0. The Morgan fingerprint density at radius 1 is 1.00 bits per heavy atom. The highest BCUT2D eigenvalue weighted by Crippen LogP contribution is 2.48. The van der Waals surface area contributed by atoms with E-state index in [9.17, 15) is 14.2 Å². The number of phosphoric acid groups is 1. The summed E-state index contributed by atoms with van der Waals surface area (Å²) in [4.78, 5) is 21.3. The van der Waals surface area contributed by atoms with Crippen LogP contribution in [0.1, 0.15) is 26.7 Å². The molecule has 16 heavy (non-hydrogen) atoms. The molecular formula is C9H17O6P. The van der Waals surface area contributed by atoms with Crippen molar-refractivity contribution in [2.24, 2.45) is 0 Å². The van der Waals surface area contributed by atoms with Crippen LogP contribution >= 0.6 is 7.82 Å². The Morgan fingerprint density at radius 3 is 1.62 bits per heavy atom. The Balaban J connectivity index is 3.95. The number of Topliss-reactive ketones (excluding diaryl/α,β-unsaturated/α-hetero) is 2. The Labute approximate surface area is 94.9 Å². The van der Waals surface area contributed by atoms with Gasteiger partial charge in [0.15, 0.2) is 0 Å². The van der Waals surface area contributed by atoms with E-state index in [1.807, 2.05) is 0 Å². The van der Waals surface area contributed by atoms with E-state index >= 15 is 0 Å². The molecule has 0 aliphatic heterocycles. The second-order valence-electron chi connectivity index (χ2n) is 3.20. The van der Waals surface area contributed by atoms with Crippen LogP contribution in [-0.4, -0.2) is 31.9 Å². The highest BCUT2D eigenvalue weighted by molar-refractivity contribution is 7.48. The molecule has 6 nitrogen and oxygen atoms in total. The van der Waals surface area contributed by atoms with E-state index in [2.05, 4.69) is 4.52 Å². The normalized spacial score (nSPS) is 11.4. The van der Waals surface area contributed by atoms with Gasteiger partial charge >= 0.3 is 7.82 Å². The fourth-order valence-corrected chi connectivity index (χ4v) is 1.66. The lowest BCUT2D eigenvalue weighted by atomic mass is 10.3. The van der Waals surface area contributed by atoms with Crippen molar-refractivity contribution in [2.75, 3.05) is 20.3 Å². The third kappa shape index (κ3) is 7.70. The molecule has 0 heterocycles. The van der Waals surface area contributed by atoms with Crippen LogP contribution in [0.2, 0.25) is 0 Å². The summed E-state index contributed by atoms with van der Waals surface area (Å²) in [5.41, 5.74) is 0. The van der Waals surface area contributed by atoms with Crippen molar-refractivity contribution in [3.63, 3.8) is 0 Å². The van der Waals surface area contributed by atoms with Crippen LogP contribution in [0.4, 0.5) is 0 Å². The summed E-state index contributed by atoms with van der Waals surface area (Å²) in [5, 5.41) is 0. The minimum atomic E-state index is -3.62. The van der Waals surface area contributed by atoms with Crippen molar-refractivity contribution in [3.05, 3.63) is 0 Å². The Hall–Kier alpha value is -0.550. The van der Waals surface area contributed by atoms with Crippen LogP contribution in [-0.2, 0) is 27.7 Å². The number of phosphoric ester groups is 1. The van der Waals surface area contributed by atoms with Crippen molar-refractivity contribution in [1.29, 1.82) is 0 Å². The van der Waals surface area contributed by atoms with Crippen LogP contribution < -0.4 is 0 Å². The molecule has 0 bridgehead atoms. The maximum Gasteiger partial charge on any atom is 0.474 e. The first kappa shape index (κ1) is 15.4. The zero-order chi connectivity index (χ0) is 12.6. The molecule has 0 rings (SSSR count). The minimum absolute atomic E-state index is 0.0273. The van der Waals surface area contributed by atoms with Gasteiger partial charge < -0.3 is 0 Å². The van der Waals surface area contributed by atoms with Crippen LogP contribution in [0.25, 0.3) is 0 Å². The molecule has 0 radical (unpaired) electrons. The molecule has 7 heteroatoms. The van der Waals surface area contributed by atoms with Crippen LogP contribution in [0.5, 0.6) is 0 Å². The van der Waals surface area contributed by atoms with E-state index in [1.54, 1.807) is 0 Å². The molecule has 0 unspecified atom stereocenters. The summed E-state index contributed by atoms with van der Waals surface area (Å²) in [5.74, 6) is -0.155. The summed E-state index contributed by atoms with van der Waals surface area (Å²) < 4.78 is 25.9. The highest BCUT2D eigenvalue weighted by Gasteiger charge is 2.24. The molecule has 94 valence electrons. The van der Waals surface area contributed by atoms with Gasteiger partial charge in [0.25, 0.3) is 0 Å². The van der Waals surface area contributed by atoms with Gasteiger partial charge in [0, 0.05) is 20.0 Å². The predicted octanol–water partition coefficient (Wildman–Crippen LogP) is 1.73. The first-order chi connectivity index (χ1) is 7.39. The number of carbonyl (C=O) groups is 2. The van der Waals surface area contributed by atoms with Crippen molar-refractivity contribution in [3.8, 4) is 0 Å². The molecule has 0 spiro atoms. The molecular weight excluding hydrogens is 235 g/mol. The maximum atomic E-state index is 11.7. The second kappa shape index (κ2) is 7.68. The molecule has 0 saturated carbocycles. The number of hydrogen-bond donors (Lipinski definition) is 0. The quantitative estimate of drug-likeness (QED) is 0.581. The summed E-state index contributed by atoms with van der Waals surface area (Å²) in [6.45, 7) is 2.75. The Bertz CT molecular complexity index is 264. The Morgan fingerprint density at radius 2 is 1.38 bits per heavy atom. The lowest BCUT2D eigenvalue weighted by Gasteiger charge is -2.14. The smallest absolute Gasteiger partial charge is 0.300 e. The minimum Gasteiger partial charge on any atom is -0.300 e. The van der Waals surface area contributed by atoms with Gasteiger partial charge in [-0.2, -0.15) is 0 Å². The molecule has 0 aromatic carbocycles. The molecule has 0 atom stereocenters. The van der Waals surface area contributed by atoms with Crippen molar-refractivity contribution in [1.82, 2.24) is 0 Å². The molecule has 0 amide bonds. The van der Waals surface area contributed by atoms with Crippen molar-refractivity contribution in [2.45, 2.75) is 26.7 Å². The topological polar surface area (TPSA) is 78.9 Å². The molecule has 0 aliphatic carbocycles. The van der Waals surface area contributed by atoms with E-state index < -0.39 is 7.82 Å².